The molecule has 0 amide bonds. The van der Waals surface area contributed by atoms with E-state index in [1.807, 2.05) is 6.07 Å². The molecule has 0 bridgehead atoms. The van der Waals surface area contributed by atoms with E-state index >= 15 is 4.39 Å². The number of hydrogen-bond acceptors (Lipinski definition) is 4. The lowest BCUT2D eigenvalue weighted by molar-refractivity contribution is 0.387. The molecule has 37 heavy (non-hydrogen) atoms. The summed E-state index contributed by atoms with van der Waals surface area (Å²) in [5.74, 6) is -1.57. The molecule has 0 unspecified atom stereocenters. The van der Waals surface area contributed by atoms with Crippen LogP contribution in [-0.4, -0.2) is 16.2 Å². The van der Waals surface area contributed by atoms with Crippen LogP contribution in [0.25, 0.3) is 11.1 Å². The second kappa shape index (κ2) is 10.9. The number of aromatic nitrogens is 2. The van der Waals surface area contributed by atoms with Gasteiger partial charge in [-0.1, -0.05) is 54.6 Å². The first kappa shape index (κ1) is 26.0. The van der Waals surface area contributed by atoms with Crippen LogP contribution in [0.1, 0.15) is 28.4 Å². The molecule has 1 atom stereocenters. The summed E-state index contributed by atoms with van der Waals surface area (Å²) >= 11 is 0. The van der Waals surface area contributed by atoms with E-state index in [9.17, 15) is 18.4 Å². The molecule has 6 nitrogen and oxygen atoms in total. The Morgan fingerprint density at radius 3 is 2.32 bits per heavy atom. The number of hydrogen-bond donors (Lipinski definition) is 1. The molecular formula is C28H26F3N3O3. The van der Waals surface area contributed by atoms with Gasteiger partial charge in [-0.2, -0.15) is 0 Å². The summed E-state index contributed by atoms with van der Waals surface area (Å²) in [4.78, 5) is 27.3. The molecule has 1 heterocycles. The van der Waals surface area contributed by atoms with E-state index in [0.717, 1.165) is 9.13 Å². The molecule has 0 aliphatic carbocycles. The first-order valence-corrected chi connectivity index (χ1v) is 11.6. The monoisotopic (exact) mass is 509 g/mol. The second-order valence-electron chi connectivity index (χ2n) is 8.60. The Morgan fingerprint density at radius 2 is 1.65 bits per heavy atom. The quantitative estimate of drug-likeness (QED) is 0.380. The van der Waals surface area contributed by atoms with Gasteiger partial charge in [0, 0.05) is 22.9 Å². The Hall–Kier alpha value is -4.11. The third kappa shape index (κ3) is 4.95. The number of ether oxygens (including phenoxy) is 1. The second-order valence-corrected chi connectivity index (χ2v) is 8.60. The Bertz CT molecular complexity index is 1550. The molecule has 192 valence electrons. The van der Waals surface area contributed by atoms with Crippen LogP contribution >= 0.6 is 0 Å². The maximum absolute atomic E-state index is 15.3. The summed E-state index contributed by atoms with van der Waals surface area (Å²) in [6.07, 6.45) is 0. The number of nitrogens with two attached hydrogens (primary N) is 1. The topological polar surface area (TPSA) is 79.2 Å². The van der Waals surface area contributed by atoms with Crippen LogP contribution in [0.4, 0.5) is 13.2 Å². The molecule has 0 aliphatic heterocycles. The van der Waals surface area contributed by atoms with Crippen LogP contribution in [-0.2, 0) is 19.8 Å². The van der Waals surface area contributed by atoms with E-state index in [0.29, 0.717) is 5.56 Å². The minimum absolute atomic E-state index is 0.0372. The minimum atomic E-state index is -0.948. The lowest BCUT2D eigenvalue weighted by Crippen LogP contribution is -2.44. The molecule has 0 fully saturated rings. The van der Waals surface area contributed by atoms with Crippen LogP contribution in [0, 0.1) is 18.6 Å². The van der Waals surface area contributed by atoms with Gasteiger partial charge in [0.25, 0.3) is 5.56 Å². The maximum Gasteiger partial charge on any atom is 0.331 e. The molecule has 9 heteroatoms. The summed E-state index contributed by atoms with van der Waals surface area (Å²) in [5, 5.41) is 0. The highest BCUT2D eigenvalue weighted by atomic mass is 19.1. The van der Waals surface area contributed by atoms with Crippen LogP contribution in [0.5, 0.6) is 5.75 Å². The van der Waals surface area contributed by atoms with Gasteiger partial charge in [0.2, 0.25) is 0 Å². The zero-order chi connectivity index (χ0) is 26.7. The van der Waals surface area contributed by atoms with E-state index < -0.39 is 35.6 Å². The van der Waals surface area contributed by atoms with Crippen molar-refractivity contribution in [3.05, 3.63) is 122 Å². The first-order chi connectivity index (χ1) is 17.8. The van der Waals surface area contributed by atoms with E-state index in [4.69, 9.17) is 10.5 Å². The van der Waals surface area contributed by atoms with Gasteiger partial charge in [-0.25, -0.2) is 18.0 Å². The van der Waals surface area contributed by atoms with E-state index in [-0.39, 0.29) is 46.8 Å². The average molecular weight is 510 g/mol. The van der Waals surface area contributed by atoms with Crippen molar-refractivity contribution in [2.24, 2.45) is 5.73 Å². The Balaban J connectivity index is 1.98. The minimum Gasteiger partial charge on any atom is -0.494 e. The van der Waals surface area contributed by atoms with Gasteiger partial charge in [0.1, 0.15) is 12.5 Å². The van der Waals surface area contributed by atoms with E-state index in [1.165, 1.54) is 50.4 Å². The molecule has 0 radical (unpaired) electrons. The maximum atomic E-state index is 15.3. The van der Waals surface area contributed by atoms with Gasteiger partial charge in [-0.3, -0.25) is 13.9 Å². The molecule has 1 aromatic heterocycles. The molecule has 0 aliphatic rings. The fourth-order valence-corrected chi connectivity index (χ4v) is 4.39. The zero-order valence-electron chi connectivity index (χ0n) is 20.4. The number of rotatable bonds is 8. The number of methoxy groups -OCH3 is 1. The molecule has 0 saturated carbocycles. The predicted octanol–water partition coefficient (Wildman–Crippen LogP) is 4.49. The van der Waals surface area contributed by atoms with E-state index in [2.05, 4.69) is 0 Å². The van der Waals surface area contributed by atoms with Crippen molar-refractivity contribution in [1.29, 1.82) is 0 Å². The van der Waals surface area contributed by atoms with Crippen molar-refractivity contribution in [1.82, 2.24) is 9.13 Å². The van der Waals surface area contributed by atoms with Crippen molar-refractivity contribution >= 4 is 0 Å². The van der Waals surface area contributed by atoms with Crippen LogP contribution in [0.3, 0.4) is 0 Å². The van der Waals surface area contributed by atoms with Gasteiger partial charge < -0.3 is 10.5 Å². The number of halogens is 3. The lowest BCUT2D eigenvalue weighted by atomic mass is 10.0. The van der Waals surface area contributed by atoms with Gasteiger partial charge >= 0.3 is 5.69 Å². The highest BCUT2D eigenvalue weighted by molar-refractivity contribution is 5.67. The molecule has 0 spiro atoms. The summed E-state index contributed by atoms with van der Waals surface area (Å²) in [7, 11) is 1.30. The van der Waals surface area contributed by atoms with Crippen LogP contribution in [0.15, 0.2) is 76.3 Å². The summed E-state index contributed by atoms with van der Waals surface area (Å²) in [5.41, 5.74) is 5.43. The van der Waals surface area contributed by atoms with Crippen molar-refractivity contribution in [3.63, 3.8) is 0 Å². The Labute approximate surface area is 211 Å². The smallest absolute Gasteiger partial charge is 0.331 e. The highest BCUT2D eigenvalue weighted by Gasteiger charge is 2.24. The van der Waals surface area contributed by atoms with Gasteiger partial charge in [0.15, 0.2) is 11.6 Å². The van der Waals surface area contributed by atoms with Gasteiger partial charge in [-0.05, 0) is 30.2 Å². The fraction of sp³-hybridized carbons (Fsp3) is 0.214. The SMILES string of the molecule is COc1cccc(-c2c(C)n(Cc3c(F)cccc3CF)c(=O)n(C[C@H](N)c3ccccc3)c2=O)c1F. The molecule has 3 aromatic carbocycles. The molecule has 4 rings (SSSR count). The predicted molar refractivity (Wildman–Crippen MR) is 135 cm³/mol. The average Bonchev–Trinajstić information content (AvgIpc) is 2.91. The largest absolute Gasteiger partial charge is 0.494 e. The Kier molecular flexibility index (Phi) is 7.63. The van der Waals surface area contributed by atoms with Crippen molar-refractivity contribution < 1.29 is 17.9 Å². The van der Waals surface area contributed by atoms with Crippen molar-refractivity contribution in [2.45, 2.75) is 32.7 Å². The molecule has 4 aromatic rings. The lowest BCUT2D eigenvalue weighted by Gasteiger charge is -2.21. The third-order valence-electron chi connectivity index (χ3n) is 6.42. The Morgan fingerprint density at radius 1 is 0.946 bits per heavy atom. The number of benzene rings is 3. The first-order valence-electron chi connectivity index (χ1n) is 11.6. The standard InChI is InChI=1S/C28H26F3N3O3/c1-17-25(20-11-7-13-24(37-2)26(20)31)27(35)34(16-23(32)18-8-4-3-5-9-18)28(36)33(17)15-21-19(14-29)10-6-12-22(21)30/h3-13,23H,14-16,32H2,1-2H3/t23-/m0/s1. The van der Waals surface area contributed by atoms with Crippen LogP contribution in [0.2, 0.25) is 0 Å². The van der Waals surface area contributed by atoms with E-state index in [1.54, 1.807) is 24.3 Å². The molecular weight excluding hydrogens is 483 g/mol. The normalized spacial score (nSPS) is 11.9. The van der Waals surface area contributed by atoms with Crippen LogP contribution < -0.4 is 21.7 Å². The summed E-state index contributed by atoms with van der Waals surface area (Å²) < 4.78 is 50.9. The van der Waals surface area contributed by atoms with Crippen molar-refractivity contribution in [3.8, 4) is 16.9 Å². The van der Waals surface area contributed by atoms with Gasteiger partial charge in [0.05, 0.1) is 25.8 Å². The third-order valence-corrected chi connectivity index (χ3v) is 6.42. The number of nitrogens with zero attached hydrogens (tertiary/aromatic N) is 2. The summed E-state index contributed by atoms with van der Waals surface area (Å²) in [6.45, 7) is -0.0604. The number of alkyl halides is 1. The summed E-state index contributed by atoms with van der Waals surface area (Å²) in [6, 6.07) is 16.4. The fourth-order valence-electron chi connectivity index (χ4n) is 4.39. The molecule has 2 N–H and O–H groups in total. The van der Waals surface area contributed by atoms with Gasteiger partial charge in [-0.15, -0.1) is 0 Å². The zero-order valence-corrected chi connectivity index (χ0v) is 20.4. The van der Waals surface area contributed by atoms with Crippen molar-refractivity contribution in [2.75, 3.05) is 7.11 Å². The highest BCUT2D eigenvalue weighted by Crippen LogP contribution is 2.29. The molecule has 0 saturated heterocycles.